The molecule has 0 radical (unpaired) electrons. The Morgan fingerprint density at radius 3 is 2.40 bits per heavy atom. The number of rotatable bonds is 7. The number of hydrogen-bond donors (Lipinski definition) is 1. The van der Waals surface area contributed by atoms with Gasteiger partial charge in [0.2, 0.25) is 15.9 Å². The second-order valence-corrected chi connectivity index (χ2v) is 9.98. The molecule has 0 aromatic heterocycles. The fourth-order valence-corrected chi connectivity index (χ4v) is 5.28. The van der Waals surface area contributed by atoms with E-state index in [-0.39, 0.29) is 23.7 Å². The lowest BCUT2D eigenvalue weighted by atomic mass is 9.97. The minimum Gasteiger partial charge on any atom is -0.489 e. The third-order valence-electron chi connectivity index (χ3n) is 5.32. The first-order chi connectivity index (χ1) is 14.3. The third-order valence-corrected chi connectivity index (χ3v) is 7.15. The summed E-state index contributed by atoms with van der Waals surface area (Å²) in [4.78, 5) is 12.8. The van der Waals surface area contributed by atoms with E-state index in [1.54, 1.807) is 0 Å². The molecular formula is C23H30N2O4S. The van der Waals surface area contributed by atoms with E-state index in [0.717, 1.165) is 11.1 Å². The molecule has 1 aliphatic rings. The van der Waals surface area contributed by atoms with E-state index in [1.807, 2.05) is 69.3 Å². The molecule has 1 fully saturated rings. The topological polar surface area (TPSA) is 75.7 Å². The lowest BCUT2D eigenvalue weighted by molar-refractivity contribution is -0.120. The molecule has 1 heterocycles. The van der Waals surface area contributed by atoms with Gasteiger partial charge in [-0.25, -0.2) is 12.7 Å². The molecule has 2 aromatic rings. The van der Waals surface area contributed by atoms with Gasteiger partial charge in [-0.1, -0.05) is 36.4 Å². The summed E-state index contributed by atoms with van der Waals surface area (Å²) in [7, 11) is -3.41. The van der Waals surface area contributed by atoms with Crippen LogP contribution in [-0.2, 0) is 20.6 Å². The summed E-state index contributed by atoms with van der Waals surface area (Å²) in [6, 6.07) is 14.9. The number of nitrogens with one attached hydrogen (secondary N) is 1. The molecule has 0 spiro atoms. The highest BCUT2D eigenvalue weighted by molar-refractivity contribution is 7.88. The number of hydrogen-bond acceptors (Lipinski definition) is 4. The van der Waals surface area contributed by atoms with Gasteiger partial charge in [0, 0.05) is 19.0 Å². The predicted molar refractivity (Wildman–Crippen MR) is 119 cm³/mol. The van der Waals surface area contributed by atoms with E-state index in [9.17, 15) is 13.2 Å². The molecule has 3 rings (SSSR count). The van der Waals surface area contributed by atoms with Crippen LogP contribution in [0, 0.1) is 12.8 Å². The van der Waals surface area contributed by atoms with Crippen molar-refractivity contribution in [3.63, 3.8) is 0 Å². The summed E-state index contributed by atoms with van der Waals surface area (Å²) in [5.74, 6) is 0.322. The number of amides is 1. The quantitative estimate of drug-likeness (QED) is 0.721. The number of nitrogens with zero attached hydrogens (tertiary/aromatic N) is 1. The van der Waals surface area contributed by atoms with Crippen molar-refractivity contribution in [2.75, 3.05) is 18.4 Å². The van der Waals surface area contributed by atoms with Crippen molar-refractivity contribution in [2.45, 2.75) is 45.5 Å². The van der Waals surface area contributed by atoms with Crippen LogP contribution in [0.3, 0.4) is 0 Å². The zero-order valence-corrected chi connectivity index (χ0v) is 18.6. The number of carbonyl (C=O) groups excluding carboxylic acids is 1. The second-order valence-electron chi connectivity index (χ2n) is 8.01. The van der Waals surface area contributed by atoms with Crippen LogP contribution in [0.2, 0.25) is 0 Å². The van der Waals surface area contributed by atoms with Gasteiger partial charge in [0.15, 0.2) is 0 Å². The van der Waals surface area contributed by atoms with E-state index in [4.69, 9.17) is 4.74 Å². The van der Waals surface area contributed by atoms with Crippen LogP contribution >= 0.6 is 0 Å². The first-order valence-corrected chi connectivity index (χ1v) is 12.0. The number of benzene rings is 2. The van der Waals surface area contributed by atoms with Crippen molar-refractivity contribution < 1.29 is 17.9 Å². The van der Waals surface area contributed by atoms with Crippen LogP contribution in [0.15, 0.2) is 48.5 Å². The van der Waals surface area contributed by atoms with Gasteiger partial charge in [-0.15, -0.1) is 0 Å². The summed E-state index contributed by atoms with van der Waals surface area (Å²) >= 11 is 0. The fourth-order valence-electron chi connectivity index (χ4n) is 3.62. The zero-order valence-electron chi connectivity index (χ0n) is 17.8. The van der Waals surface area contributed by atoms with Crippen molar-refractivity contribution >= 4 is 21.6 Å². The number of piperidine rings is 1. The molecule has 2 aromatic carbocycles. The summed E-state index contributed by atoms with van der Waals surface area (Å²) in [6.07, 6.45) is 1.02. The van der Waals surface area contributed by atoms with Crippen molar-refractivity contribution in [2.24, 2.45) is 5.92 Å². The van der Waals surface area contributed by atoms with Crippen LogP contribution in [0.4, 0.5) is 5.69 Å². The molecule has 0 saturated carbocycles. The average Bonchev–Trinajstić information content (AvgIpc) is 2.71. The molecule has 6 nitrogen and oxygen atoms in total. The Morgan fingerprint density at radius 2 is 1.73 bits per heavy atom. The first kappa shape index (κ1) is 22.3. The Kier molecular flexibility index (Phi) is 7.15. The van der Waals surface area contributed by atoms with E-state index in [2.05, 4.69) is 5.32 Å². The normalized spacial score (nSPS) is 15.9. The van der Waals surface area contributed by atoms with Gasteiger partial charge in [0.25, 0.3) is 0 Å². The summed E-state index contributed by atoms with van der Waals surface area (Å²) in [5.41, 5.74) is 2.43. The van der Waals surface area contributed by atoms with E-state index < -0.39 is 10.0 Å². The van der Waals surface area contributed by atoms with Gasteiger partial charge >= 0.3 is 0 Å². The van der Waals surface area contributed by atoms with Crippen LogP contribution in [0.5, 0.6) is 5.75 Å². The molecule has 1 N–H and O–H groups in total. The Bertz CT molecular complexity index is 980. The van der Waals surface area contributed by atoms with Crippen LogP contribution in [0.25, 0.3) is 0 Å². The molecule has 0 bridgehead atoms. The highest BCUT2D eigenvalue weighted by atomic mass is 32.2. The largest absolute Gasteiger partial charge is 0.489 e. The number of carbonyl (C=O) groups is 1. The minimum absolute atomic E-state index is 0.00352. The van der Waals surface area contributed by atoms with Crippen molar-refractivity contribution in [3.8, 4) is 5.75 Å². The molecule has 30 heavy (non-hydrogen) atoms. The second kappa shape index (κ2) is 9.62. The molecule has 162 valence electrons. The maximum absolute atomic E-state index is 12.8. The first-order valence-electron chi connectivity index (χ1n) is 10.3. The highest BCUT2D eigenvalue weighted by Gasteiger charge is 2.31. The number of ether oxygens (including phenoxy) is 1. The van der Waals surface area contributed by atoms with Crippen molar-refractivity contribution in [1.29, 1.82) is 0 Å². The fraction of sp³-hybridized carbons (Fsp3) is 0.435. The molecular weight excluding hydrogens is 400 g/mol. The van der Waals surface area contributed by atoms with Gasteiger partial charge < -0.3 is 10.1 Å². The smallest absolute Gasteiger partial charge is 0.227 e. The van der Waals surface area contributed by atoms with Gasteiger partial charge in [-0.05, 0) is 56.9 Å². The van der Waals surface area contributed by atoms with Crippen molar-refractivity contribution in [3.05, 3.63) is 59.7 Å². The standard InChI is InChI=1S/C23H30N2O4S/c1-17(2)29-22-11-7-6-10-21(22)24-23(26)19-12-14-25(15-13-19)30(27,28)16-20-9-5-4-8-18(20)3/h4-11,17,19H,12-16H2,1-3H3,(H,24,26). The monoisotopic (exact) mass is 430 g/mol. The van der Waals surface area contributed by atoms with E-state index in [1.165, 1.54) is 4.31 Å². The van der Waals surface area contributed by atoms with E-state index in [0.29, 0.717) is 37.4 Å². The Balaban J connectivity index is 1.59. The molecule has 0 unspecified atom stereocenters. The molecule has 0 atom stereocenters. The lowest BCUT2D eigenvalue weighted by Crippen LogP contribution is -2.42. The summed E-state index contributed by atoms with van der Waals surface area (Å²) in [6.45, 7) is 6.51. The number of anilines is 1. The van der Waals surface area contributed by atoms with Gasteiger partial charge in [-0.3, -0.25) is 4.79 Å². The lowest BCUT2D eigenvalue weighted by Gasteiger charge is -2.31. The zero-order chi connectivity index (χ0) is 21.7. The number of para-hydroxylation sites is 2. The van der Waals surface area contributed by atoms with Crippen LogP contribution in [0.1, 0.15) is 37.8 Å². The Hall–Kier alpha value is -2.38. The Morgan fingerprint density at radius 1 is 1.10 bits per heavy atom. The van der Waals surface area contributed by atoms with Gasteiger partial charge in [-0.2, -0.15) is 0 Å². The summed E-state index contributed by atoms with van der Waals surface area (Å²) < 4.78 is 32.9. The number of aryl methyl sites for hydroxylation is 1. The van der Waals surface area contributed by atoms with Crippen LogP contribution < -0.4 is 10.1 Å². The molecule has 7 heteroatoms. The van der Waals surface area contributed by atoms with Crippen LogP contribution in [-0.4, -0.2) is 37.8 Å². The van der Waals surface area contributed by atoms with Gasteiger partial charge in [0.05, 0.1) is 17.5 Å². The maximum Gasteiger partial charge on any atom is 0.227 e. The summed E-state index contributed by atoms with van der Waals surface area (Å²) in [5, 5.41) is 2.95. The van der Waals surface area contributed by atoms with E-state index >= 15 is 0 Å². The molecule has 1 aliphatic heterocycles. The average molecular weight is 431 g/mol. The highest BCUT2D eigenvalue weighted by Crippen LogP contribution is 2.28. The molecule has 1 saturated heterocycles. The SMILES string of the molecule is Cc1ccccc1CS(=O)(=O)N1CCC(C(=O)Nc2ccccc2OC(C)C)CC1. The van der Waals surface area contributed by atoms with Crippen molar-refractivity contribution in [1.82, 2.24) is 4.31 Å². The molecule has 1 amide bonds. The van der Waals surface area contributed by atoms with Gasteiger partial charge in [0.1, 0.15) is 5.75 Å². The predicted octanol–water partition coefficient (Wildman–Crippen LogP) is 3.96. The molecule has 0 aliphatic carbocycles. The number of sulfonamides is 1. The third kappa shape index (κ3) is 5.61. The Labute approximate surface area is 179 Å². The minimum atomic E-state index is -3.41. The maximum atomic E-state index is 12.8.